The number of aryl methyl sites for hydroxylation is 2. The lowest BCUT2D eigenvalue weighted by molar-refractivity contribution is -0.126. The van der Waals surface area contributed by atoms with Gasteiger partial charge in [0.1, 0.15) is 16.9 Å². The molecule has 2 amide bonds. The molecule has 6 nitrogen and oxygen atoms in total. The maximum Gasteiger partial charge on any atom is 0.277 e. The topological polar surface area (TPSA) is 67.2 Å². The molecular formula is C27H25ClN4O2S. The molecule has 5 rings (SSSR count). The van der Waals surface area contributed by atoms with Gasteiger partial charge >= 0.3 is 0 Å². The molecule has 0 saturated carbocycles. The highest BCUT2D eigenvalue weighted by Crippen LogP contribution is 2.37. The van der Waals surface area contributed by atoms with E-state index in [9.17, 15) is 9.59 Å². The number of rotatable bonds is 5. The average molecular weight is 505 g/mol. The number of amides is 2. The Morgan fingerprint density at radius 2 is 1.97 bits per heavy atom. The molecule has 1 unspecified atom stereocenters. The van der Waals surface area contributed by atoms with Crippen molar-refractivity contribution in [2.24, 2.45) is 0 Å². The Labute approximate surface area is 213 Å². The van der Waals surface area contributed by atoms with Gasteiger partial charge in [-0.15, -0.1) is 11.3 Å². The molecule has 1 aliphatic rings. The maximum absolute atomic E-state index is 13.9. The monoisotopic (exact) mass is 504 g/mol. The number of carbonyl (C=O) groups is 2. The number of aromatic nitrogens is 2. The van der Waals surface area contributed by atoms with Gasteiger partial charge in [-0.1, -0.05) is 47.5 Å². The van der Waals surface area contributed by atoms with E-state index in [1.54, 1.807) is 52.1 Å². The fourth-order valence-corrected chi connectivity index (χ4v) is 5.48. The summed E-state index contributed by atoms with van der Waals surface area (Å²) < 4.78 is 1.66. The standard InChI is InChI=1S/C27H25ClN4O2S/c1-17-6-4-7-19(12-17)15-29-26(34)27(3)16-31-23(14-21(30-31)24-8-5-11-35-24)25(33)32(27)22-10-9-20(28)13-18(22)2/h4-14H,15-16H2,1-3H3,(H,29,34). The molecule has 35 heavy (non-hydrogen) atoms. The fourth-order valence-electron chi connectivity index (χ4n) is 4.57. The second-order valence-corrected chi connectivity index (χ2v) is 10.5. The van der Waals surface area contributed by atoms with E-state index in [-0.39, 0.29) is 18.4 Å². The maximum atomic E-state index is 13.9. The number of nitrogens with zero attached hydrogens (tertiary/aromatic N) is 3. The number of hydrogen-bond acceptors (Lipinski definition) is 4. The highest BCUT2D eigenvalue weighted by Gasteiger charge is 2.49. The van der Waals surface area contributed by atoms with Crippen molar-refractivity contribution in [1.29, 1.82) is 0 Å². The van der Waals surface area contributed by atoms with Crippen LogP contribution in [0.15, 0.2) is 66.0 Å². The first-order valence-corrected chi connectivity index (χ1v) is 12.6. The molecule has 1 aliphatic heterocycles. The third-order valence-corrected chi connectivity index (χ3v) is 7.48. The largest absolute Gasteiger partial charge is 0.350 e. The van der Waals surface area contributed by atoms with Crippen molar-refractivity contribution in [3.05, 3.63) is 93.5 Å². The molecule has 4 aromatic rings. The lowest BCUT2D eigenvalue weighted by Crippen LogP contribution is -2.64. The number of hydrogen-bond donors (Lipinski definition) is 1. The minimum atomic E-state index is -1.20. The van der Waals surface area contributed by atoms with Crippen molar-refractivity contribution >= 4 is 40.4 Å². The molecule has 0 aliphatic carbocycles. The molecule has 3 heterocycles. The van der Waals surface area contributed by atoms with E-state index in [4.69, 9.17) is 16.7 Å². The summed E-state index contributed by atoms with van der Waals surface area (Å²) in [5.74, 6) is -0.522. The average Bonchev–Trinajstić information content (AvgIpc) is 3.49. The van der Waals surface area contributed by atoms with E-state index >= 15 is 0 Å². The summed E-state index contributed by atoms with van der Waals surface area (Å²) in [7, 11) is 0. The van der Waals surface area contributed by atoms with E-state index in [0.29, 0.717) is 22.9 Å². The zero-order chi connectivity index (χ0) is 24.7. The molecule has 0 spiro atoms. The van der Waals surface area contributed by atoms with Crippen LogP contribution in [0.5, 0.6) is 0 Å². The third kappa shape index (κ3) is 4.26. The summed E-state index contributed by atoms with van der Waals surface area (Å²) in [6, 6.07) is 19.1. The zero-order valence-electron chi connectivity index (χ0n) is 19.7. The van der Waals surface area contributed by atoms with E-state index < -0.39 is 5.54 Å². The van der Waals surface area contributed by atoms with Crippen LogP contribution < -0.4 is 10.2 Å². The number of anilines is 1. The van der Waals surface area contributed by atoms with Crippen LogP contribution in [0, 0.1) is 13.8 Å². The van der Waals surface area contributed by atoms with Crippen LogP contribution in [0.2, 0.25) is 5.02 Å². The molecule has 0 saturated heterocycles. The Balaban J connectivity index is 1.56. The fraction of sp³-hybridized carbons (Fsp3) is 0.222. The molecule has 1 N–H and O–H groups in total. The van der Waals surface area contributed by atoms with Crippen molar-refractivity contribution in [3.8, 4) is 10.6 Å². The normalized spacial score (nSPS) is 17.4. The van der Waals surface area contributed by atoms with Gasteiger partial charge in [-0.2, -0.15) is 5.10 Å². The van der Waals surface area contributed by atoms with Gasteiger partial charge in [-0.25, -0.2) is 0 Å². The van der Waals surface area contributed by atoms with Crippen LogP contribution in [0.25, 0.3) is 10.6 Å². The molecular weight excluding hydrogens is 480 g/mol. The number of carbonyl (C=O) groups excluding carboxylic acids is 2. The SMILES string of the molecule is Cc1cccc(CNC(=O)C2(C)Cn3nc(-c4cccs4)cc3C(=O)N2c2ccc(Cl)cc2C)c1. The smallest absolute Gasteiger partial charge is 0.277 e. The lowest BCUT2D eigenvalue weighted by Gasteiger charge is -2.43. The van der Waals surface area contributed by atoms with Crippen LogP contribution in [0.1, 0.15) is 34.1 Å². The minimum Gasteiger partial charge on any atom is -0.350 e. The molecule has 178 valence electrons. The van der Waals surface area contributed by atoms with Gasteiger partial charge in [0.05, 0.1) is 11.4 Å². The summed E-state index contributed by atoms with van der Waals surface area (Å²) in [6.45, 7) is 6.29. The number of halogens is 1. The lowest BCUT2D eigenvalue weighted by atomic mass is 9.93. The van der Waals surface area contributed by atoms with Crippen LogP contribution >= 0.6 is 22.9 Å². The van der Waals surface area contributed by atoms with Crippen molar-refractivity contribution in [2.75, 3.05) is 4.90 Å². The Hall–Kier alpha value is -3.42. The van der Waals surface area contributed by atoms with Crippen LogP contribution in [-0.2, 0) is 17.9 Å². The zero-order valence-corrected chi connectivity index (χ0v) is 21.3. The first-order chi connectivity index (χ1) is 16.8. The van der Waals surface area contributed by atoms with Crippen LogP contribution in [0.3, 0.4) is 0 Å². The van der Waals surface area contributed by atoms with Crippen LogP contribution in [0.4, 0.5) is 5.69 Å². The Morgan fingerprint density at radius 3 is 2.69 bits per heavy atom. The first kappa shape index (κ1) is 23.3. The second-order valence-electron chi connectivity index (χ2n) is 9.07. The summed E-state index contributed by atoms with van der Waals surface area (Å²) in [5.41, 5.74) is 3.56. The van der Waals surface area contributed by atoms with Gasteiger partial charge in [0.2, 0.25) is 5.91 Å². The van der Waals surface area contributed by atoms with E-state index in [2.05, 4.69) is 5.32 Å². The van der Waals surface area contributed by atoms with E-state index in [1.807, 2.05) is 55.6 Å². The van der Waals surface area contributed by atoms with Crippen molar-refractivity contribution in [1.82, 2.24) is 15.1 Å². The molecule has 8 heteroatoms. The molecule has 2 aromatic carbocycles. The van der Waals surface area contributed by atoms with E-state index in [1.165, 1.54) is 0 Å². The van der Waals surface area contributed by atoms with Gasteiger partial charge < -0.3 is 5.32 Å². The molecule has 0 bridgehead atoms. The van der Waals surface area contributed by atoms with E-state index in [0.717, 1.165) is 27.3 Å². The number of benzene rings is 2. The van der Waals surface area contributed by atoms with Gasteiger partial charge in [-0.05, 0) is 67.6 Å². The molecule has 1 atom stereocenters. The number of nitrogens with one attached hydrogen (secondary N) is 1. The number of fused-ring (bicyclic) bond motifs is 1. The summed E-state index contributed by atoms with van der Waals surface area (Å²) >= 11 is 7.76. The van der Waals surface area contributed by atoms with Crippen molar-refractivity contribution in [3.63, 3.8) is 0 Å². The van der Waals surface area contributed by atoms with Gasteiger partial charge in [0.15, 0.2) is 0 Å². The second kappa shape index (κ2) is 8.98. The van der Waals surface area contributed by atoms with Gasteiger partial charge in [-0.3, -0.25) is 19.2 Å². The van der Waals surface area contributed by atoms with Gasteiger partial charge in [0.25, 0.3) is 5.91 Å². The van der Waals surface area contributed by atoms with Crippen molar-refractivity contribution in [2.45, 2.75) is 39.4 Å². The van der Waals surface area contributed by atoms with Crippen LogP contribution in [-0.4, -0.2) is 27.1 Å². The third-order valence-electron chi connectivity index (χ3n) is 6.35. The summed E-state index contributed by atoms with van der Waals surface area (Å²) in [6.07, 6.45) is 0. The Bertz CT molecular complexity index is 1430. The predicted octanol–water partition coefficient (Wildman–Crippen LogP) is 5.62. The summed E-state index contributed by atoms with van der Waals surface area (Å²) in [4.78, 5) is 30.3. The Kier molecular flexibility index (Phi) is 5.99. The Morgan fingerprint density at radius 1 is 1.14 bits per heavy atom. The quantitative estimate of drug-likeness (QED) is 0.383. The molecule has 0 radical (unpaired) electrons. The highest BCUT2D eigenvalue weighted by atomic mass is 35.5. The molecule has 2 aromatic heterocycles. The molecule has 0 fully saturated rings. The number of thiophene rings is 1. The predicted molar refractivity (Wildman–Crippen MR) is 140 cm³/mol. The summed E-state index contributed by atoms with van der Waals surface area (Å²) in [5, 5.41) is 10.3. The highest BCUT2D eigenvalue weighted by molar-refractivity contribution is 7.13. The first-order valence-electron chi connectivity index (χ1n) is 11.3. The van der Waals surface area contributed by atoms with Crippen molar-refractivity contribution < 1.29 is 9.59 Å². The van der Waals surface area contributed by atoms with Gasteiger partial charge in [0, 0.05) is 17.3 Å². The minimum absolute atomic E-state index is 0.223.